The Bertz CT molecular complexity index is 638. The monoisotopic (exact) mass is 303 g/mol. The van der Waals surface area contributed by atoms with Crippen LogP contribution in [0.15, 0.2) is 41.1 Å². The van der Waals surface area contributed by atoms with Gasteiger partial charge in [0.25, 0.3) is 0 Å². The number of nitrogens with one attached hydrogen (secondary N) is 2. The number of rotatable bonds is 7. The normalized spacial score (nSPS) is 10.9. The zero-order valence-electron chi connectivity index (χ0n) is 11.7. The highest BCUT2D eigenvalue weighted by molar-refractivity contribution is 7.99. The Hall–Kier alpha value is -2.28. The lowest BCUT2D eigenvalue weighted by atomic mass is 10.1. The summed E-state index contributed by atoms with van der Waals surface area (Å²) in [5, 5.41) is 21.6. The van der Waals surface area contributed by atoms with Gasteiger partial charge in [-0.05, 0) is 23.8 Å². The lowest BCUT2D eigenvalue weighted by Crippen LogP contribution is -1.94. The van der Waals surface area contributed by atoms with E-state index in [0.29, 0.717) is 23.1 Å². The van der Waals surface area contributed by atoms with E-state index in [1.165, 1.54) is 6.21 Å². The molecule has 0 radical (unpaired) electrons. The molecule has 2 rings (SSSR count). The lowest BCUT2D eigenvalue weighted by molar-refractivity contribution is 0.469. The minimum absolute atomic E-state index is 0.211. The average Bonchev–Trinajstić information content (AvgIpc) is 2.91. The van der Waals surface area contributed by atoms with E-state index in [0.717, 1.165) is 11.3 Å². The van der Waals surface area contributed by atoms with E-state index >= 15 is 0 Å². The van der Waals surface area contributed by atoms with Gasteiger partial charge < -0.3 is 5.11 Å². The van der Waals surface area contributed by atoms with Crippen LogP contribution in [0.4, 0.5) is 5.95 Å². The van der Waals surface area contributed by atoms with Gasteiger partial charge in [0.2, 0.25) is 11.1 Å². The van der Waals surface area contributed by atoms with Gasteiger partial charge in [-0.15, -0.1) is 11.7 Å². The fourth-order valence-corrected chi connectivity index (χ4v) is 2.21. The van der Waals surface area contributed by atoms with Crippen LogP contribution in [-0.4, -0.2) is 32.3 Å². The third kappa shape index (κ3) is 4.09. The number of aromatic nitrogens is 3. The van der Waals surface area contributed by atoms with Gasteiger partial charge in [-0.2, -0.15) is 10.1 Å². The fraction of sp³-hybridized carbons (Fsp3) is 0.214. The number of allylic oxidation sites excluding steroid dienone is 1. The van der Waals surface area contributed by atoms with Gasteiger partial charge in [0.1, 0.15) is 5.75 Å². The molecule has 1 aromatic carbocycles. The molecule has 0 saturated carbocycles. The number of hydrogen-bond donors (Lipinski definition) is 3. The maximum Gasteiger partial charge on any atom is 0.240 e. The molecule has 21 heavy (non-hydrogen) atoms. The number of aromatic hydroxyl groups is 1. The first-order valence-electron chi connectivity index (χ1n) is 6.50. The summed E-state index contributed by atoms with van der Waals surface area (Å²) >= 11 is 1.54. The molecule has 0 bridgehead atoms. The molecule has 1 heterocycles. The van der Waals surface area contributed by atoms with Gasteiger partial charge in [0.05, 0.1) is 6.21 Å². The van der Waals surface area contributed by atoms with E-state index in [1.807, 2.05) is 19.1 Å². The Morgan fingerprint density at radius 3 is 3.14 bits per heavy atom. The predicted octanol–water partition coefficient (Wildman–Crippen LogP) is 2.80. The van der Waals surface area contributed by atoms with Crippen molar-refractivity contribution in [3.63, 3.8) is 0 Å². The van der Waals surface area contributed by atoms with Crippen LogP contribution in [0.1, 0.15) is 18.1 Å². The second-order valence-corrected chi connectivity index (χ2v) is 5.35. The molecule has 2 aromatic rings. The quantitative estimate of drug-likeness (QED) is 0.317. The molecule has 0 unspecified atom stereocenters. The summed E-state index contributed by atoms with van der Waals surface area (Å²) < 4.78 is 0. The van der Waals surface area contributed by atoms with Crippen LogP contribution >= 0.6 is 11.8 Å². The number of anilines is 1. The number of hydrogen-bond acceptors (Lipinski definition) is 6. The van der Waals surface area contributed by atoms with Gasteiger partial charge in [-0.25, -0.2) is 10.5 Å². The second-order valence-electron chi connectivity index (χ2n) is 4.12. The van der Waals surface area contributed by atoms with Crippen molar-refractivity contribution in [1.29, 1.82) is 0 Å². The largest absolute Gasteiger partial charge is 0.507 e. The molecule has 0 saturated heterocycles. The average molecular weight is 303 g/mol. The van der Waals surface area contributed by atoms with Crippen molar-refractivity contribution in [2.45, 2.75) is 18.5 Å². The van der Waals surface area contributed by atoms with Crippen molar-refractivity contribution >= 4 is 23.9 Å². The zero-order chi connectivity index (χ0) is 15.1. The van der Waals surface area contributed by atoms with Crippen LogP contribution in [0.5, 0.6) is 5.75 Å². The van der Waals surface area contributed by atoms with Crippen LogP contribution < -0.4 is 5.43 Å². The molecular weight excluding hydrogens is 286 g/mol. The lowest BCUT2D eigenvalue weighted by Gasteiger charge is -2.04. The fourth-order valence-electron chi connectivity index (χ4n) is 1.69. The Labute approximate surface area is 127 Å². The number of hydrazone groups is 1. The van der Waals surface area contributed by atoms with Gasteiger partial charge in [0.15, 0.2) is 0 Å². The maximum atomic E-state index is 10.1. The molecule has 0 aliphatic rings. The standard InChI is InChI=1S/C14H17N5OS/c1-3-6-10-7-5-8-11(12(10)20)9-15-17-13-16-14(19-18-13)21-4-2/h3,5,7-9,20H,1,4,6H2,2H3,(H2,16,17,18,19)/b15-9+. The highest BCUT2D eigenvalue weighted by atomic mass is 32.2. The molecule has 3 N–H and O–H groups in total. The molecule has 0 atom stereocenters. The highest BCUT2D eigenvalue weighted by Gasteiger charge is 2.04. The van der Waals surface area contributed by atoms with Gasteiger partial charge in [-0.3, -0.25) is 0 Å². The minimum atomic E-state index is 0.211. The van der Waals surface area contributed by atoms with E-state index in [4.69, 9.17) is 0 Å². The third-order valence-electron chi connectivity index (χ3n) is 2.63. The van der Waals surface area contributed by atoms with Crippen LogP contribution in [0, 0.1) is 0 Å². The summed E-state index contributed by atoms with van der Waals surface area (Å²) in [5.74, 6) is 1.58. The Morgan fingerprint density at radius 1 is 1.52 bits per heavy atom. The van der Waals surface area contributed by atoms with Gasteiger partial charge >= 0.3 is 0 Å². The molecular formula is C14H17N5OS. The minimum Gasteiger partial charge on any atom is -0.507 e. The summed E-state index contributed by atoms with van der Waals surface area (Å²) in [6.07, 6.45) is 3.90. The van der Waals surface area contributed by atoms with E-state index in [1.54, 1.807) is 23.9 Å². The van der Waals surface area contributed by atoms with E-state index in [2.05, 4.69) is 32.3 Å². The number of para-hydroxylation sites is 1. The summed E-state index contributed by atoms with van der Waals surface area (Å²) in [6, 6.07) is 5.50. The second kappa shape index (κ2) is 7.49. The van der Waals surface area contributed by atoms with E-state index < -0.39 is 0 Å². The number of thioether (sulfide) groups is 1. The molecule has 0 spiro atoms. The maximum absolute atomic E-state index is 10.1. The number of benzene rings is 1. The van der Waals surface area contributed by atoms with Crippen LogP contribution in [0.3, 0.4) is 0 Å². The zero-order valence-corrected chi connectivity index (χ0v) is 12.5. The molecule has 6 nitrogen and oxygen atoms in total. The van der Waals surface area contributed by atoms with Crippen molar-refractivity contribution in [1.82, 2.24) is 15.2 Å². The van der Waals surface area contributed by atoms with E-state index in [-0.39, 0.29) is 5.75 Å². The van der Waals surface area contributed by atoms with Crippen LogP contribution in [-0.2, 0) is 6.42 Å². The van der Waals surface area contributed by atoms with Crippen LogP contribution in [0.25, 0.3) is 0 Å². The van der Waals surface area contributed by atoms with Gasteiger partial charge in [0, 0.05) is 5.56 Å². The first-order valence-corrected chi connectivity index (χ1v) is 7.49. The first-order chi connectivity index (χ1) is 10.2. The Morgan fingerprint density at radius 2 is 2.38 bits per heavy atom. The van der Waals surface area contributed by atoms with Crippen molar-refractivity contribution in [3.05, 3.63) is 42.0 Å². The molecule has 0 fully saturated rings. The SMILES string of the molecule is C=CCc1cccc(/C=N/Nc2nc(SCC)n[nH]2)c1O. The molecule has 1 aromatic heterocycles. The number of nitrogens with zero attached hydrogens (tertiary/aromatic N) is 3. The first kappa shape index (κ1) is 15.1. The Balaban J connectivity index is 2.03. The molecule has 110 valence electrons. The topological polar surface area (TPSA) is 86.2 Å². The summed E-state index contributed by atoms with van der Waals surface area (Å²) in [7, 11) is 0. The van der Waals surface area contributed by atoms with Crippen molar-refractivity contribution < 1.29 is 5.11 Å². The van der Waals surface area contributed by atoms with Gasteiger partial charge in [-0.1, -0.05) is 36.9 Å². The summed E-state index contributed by atoms with van der Waals surface area (Å²) in [6.45, 7) is 5.70. The number of H-pyrrole nitrogens is 1. The van der Waals surface area contributed by atoms with Crippen molar-refractivity contribution in [2.75, 3.05) is 11.2 Å². The third-order valence-corrected chi connectivity index (χ3v) is 3.36. The highest BCUT2D eigenvalue weighted by Crippen LogP contribution is 2.21. The predicted molar refractivity (Wildman–Crippen MR) is 86.0 cm³/mol. The summed E-state index contributed by atoms with van der Waals surface area (Å²) in [4.78, 5) is 4.20. The van der Waals surface area contributed by atoms with Crippen molar-refractivity contribution in [3.8, 4) is 5.75 Å². The Kier molecular flexibility index (Phi) is 5.39. The van der Waals surface area contributed by atoms with Crippen LogP contribution in [0.2, 0.25) is 0 Å². The molecule has 0 aliphatic carbocycles. The summed E-state index contributed by atoms with van der Waals surface area (Å²) in [5.41, 5.74) is 4.19. The number of phenolic OH excluding ortho intramolecular Hbond substituents is 1. The van der Waals surface area contributed by atoms with Crippen molar-refractivity contribution in [2.24, 2.45) is 5.10 Å². The smallest absolute Gasteiger partial charge is 0.240 e. The number of aromatic amines is 1. The number of phenols is 1. The molecule has 0 aliphatic heterocycles. The molecule has 7 heteroatoms. The van der Waals surface area contributed by atoms with E-state index in [9.17, 15) is 5.11 Å². The molecule has 0 amide bonds.